The molecule has 5 fully saturated rings. The number of allylic oxidation sites excluding steroid dienone is 5. The lowest BCUT2D eigenvalue weighted by Gasteiger charge is -2.72. The van der Waals surface area contributed by atoms with Crippen LogP contribution in [0.5, 0.6) is 5.88 Å². The van der Waals surface area contributed by atoms with Crippen molar-refractivity contribution in [1.29, 1.82) is 0 Å². The number of sulfone groups is 1. The Bertz CT molecular complexity index is 1980. The summed E-state index contributed by atoms with van der Waals surface area (Å²) in [5.74, 6) is 4.28. The fourth-order valence-electron chi connectivity index (χ4n) is 15.6. The van der Waals surface area contributed by atoms with E-state index < -0.39 is 15.3 Å². The molecule has 0 amide bonds. The molecule has 1 N–H and O–H groups in total. The monoisotopic (exact) mass is 866 g/mol. The first-order valence-corrected chi connectivity index (χ1v) is 26.3. The van der Waals surface area contributed by atoms with Crippen molar-refractivity contribution in [2.24, 2.45) is 56.7 Å². The maximum absolute atomic E-state index is 13.6. The van der Waals surface area contributed by atoms with E-state index in [1.807, 2.05) is 10.9 Å². The highest BCUT2D eigenvalue weighted by atomic mass is 32.2. The van der Waals surface area contributed by atoms with Crippen LogP contribution in [0.4, 0.5) is 0 Å². The Morgan fingerprint density at radius 2 is 1.73 bits per heavy atom. The van der Waals surface area contributed by atoms with Crippen molar-refractivity contribution in [2.45, 2.75) is 145 Å². The zero-order valence-electron chi connectivity index (χ0n) is 38.4. The molecule has 0 bridgehead atoms. The second-order valence-electron chi connectivity index (χ2n) is 21.9. The number of carbonyl (C=O) groups is 1. The molecule has 0 aromatic carbocycles. The minimum absolute atomic E-state index is 0.0358. The standard InChI is InChI=1S/C49H77N4O5S2/c1-10-53-41(32-51-59-53)58-33-48(43(54)57-11-2)21-14-35(15-22-48)37-17-19-45(7)39(44(37,5)6)18-20-47(9)40(45)13-12-38-42-36(34(3)4)16-23-49(42,25-24-46(38,47)8)50-26-27-52-28-30-60(55,56)31-29-52/h14,17,32,36,38-40,42,50H,3,10-13,15-16,18-31,33H2,1-2,4-9H3/q+1/t36-,38+,39-,40+,42+,45-,46+,47+,48?,49-/m0/s1. The van der Waals surface area contributed by atoms with Gasteiger partial charge in [-0.05, 0) is 160 Å². The van der Waals surface area contributed by atoms with Crippen LogP contribution >= 0.6 is 11.7 Å². The highest BCUT2D eigenvalue weighted by Crippen LogP contribution is 2.76. The summed E-state index contributed by atoms with van der Waals surface area (Å²) in [7, 11) is -2.87. The summed E-state index contributed by atoms with van der Waals surface area (Å²) >= 11 is 1.39. The molecule has 8 rings (SSSR count). The van der Waals surface area contributed by atoms with Crippen molar-refractivity contribution in [3.8, 4) is 5.88 Å². The molecule has 9 nitrogen and oxygen atoms in total. The minimum Gasteiger partial charge on any atom is -0.465 e. The van der Waals surface area contributed by atoms with Gasteiger partial charge in [-0.2, -0.15) is 0 Å². The van der Waals surface area contributed by atoms with E-state index in [0.29, 0.717) is 73.8 Å². The van der Waals surface area contributed by atoms with Gasteiger partial charge in [0, 0.05) is 36.1 Å². The third-order valence-corrected chi connectivity index (χ3v) is 21.4. The highest BCUT2D eigenvalue weighted by molar-refractivity contribution is 7.91. The molecule has 1 unspecified atom stereocenters. The lowest BCUT2D eigenvalue weighted by Crippen LogP contribution is -2.68. The molecular weight excluding hydrogens is 789 g/mol. The molecule has 10 atom stereocenters. The predicted octanol–water partition coefficient (Wildman–Crippen LogP) is 8.76. The fraction of sp³-hybridized carbons (Fsp3) is 0.816. The number of carbonyl (C=O) groups excluding carboxylic acids is 1. The van der Waals surface area contributed by atoms with E-state index in [9.17, 15) is 13.2 Å². The van der Waals surface area contributed by atoms with Crippen molar-refractivity contribution in [3.63, 3.8) is 0 Å². The zero-order chi connectivity index (χ0) is 42.9. The third kappa shape index (κ3) is 7.21. The van der Waals surface area contributed by atoms with Crippen LogP contribution in [-0.4, -0.2) is 80.1 Å². The molecule has 1 aromatic heterocycles. The van der Waals surface area contributed by atoms with Gasteiger partial charge >= 0.3 is 11.8 Å². The summed E-state index contributed by atoms with van der Waals surface area (Å²) in [6.07, 6.45) is 20.3. The van der Waals surface area contributed by atoms with Crippen LogP contribution in [0.3, 0.4) is 0 Å². The molecule has 0 radical (unpaired) electrons. The second kappa shape index (κ2) is 16.2. The molecule has 1 saturated heterocycles. The first kappa shape index (κ1) is 44.5. The minimum atomic E-state index is -2.87. The second-order valence-corrected chi connectivity index (χ2v) is 25.0. The van der Waals surface area contributed by atoms with Crippen LogP contribution in [0.15, 0.2) is 41.6 Å². The lowest BCUT2D eigenvalue weighted by molar-refractivity contribution is -0.632. The fourth-order valence-corrected chi connectivity index (χ4v) is 17.4. The highest BCUT2D eigenvalue weighted by Gasteiger charge is 2.70. The van der Waals surface area contributed by atoms with E-state index in [4.69, 9.17) is 9.47 Å². The number of hydrogen-bond donors (Lipinski definition) is 1. The Kier molecular flexibility index (Phi) is 12.0. The van der Waals surface area contributed by atoms with Gasteiger partial charge in [-0.1, -0.05) is 58.9 Å². The summed E-state index contributed by atoms with van der Waals surface area (Å²) in [5, 5.41) is 4.24. The summed E-state index contributed by atoms with van der Waals surface area (Å²) in [6, 6.07) is 0. The van der Waals surface area contributed by atoms with Crippen LogP contribution in [0, 0.1) is 56.7 Å². The van der Waals surface area contributed by atoms with Gasteiger partial charge in [-0.25, -0.2) is 8.42 Å². The van der Waals surface area contributed by atoms with Crippen LogP contribution in [0.2, 0.25) is 0 Å². The van der Waals surface area contributed by atoms with E-state index >= 15 is 0 Å². The summed E-state index contributed by atoms with van der Waals surface area (Å²) in [5.41, 5.74) is 4.58. The summed E-state index contributed by atoms with van der Waals surface area (Å²) < 4.78 is 42.6. The zero-order valence-corrected chi connectivity index (χ0v) is 40.0. The molecule has 1 aliphatic heterocycles. The molecule has 6 aliphatic carbocycles. The maximum atomic E-state index is 13.6. The van der Waals surface area contributed by atoms with Crippen molar-refractivity contribution in [2.75, 3.05) is 50.9 Å². The van der Waals surface area contributed by atoms with Gasteiger partial charge < -0.3 is 19.7 Å². The lowest BCUT2D eigenvalue weighted by atomic mass is 9.33. The number of rotatable bonds is 12. The van der Waals surface area contributed by atoms with Gasteiger partial charge in [-0.3, -0.25) is 4.79 Å². The SMILES string of the molecule is C=C(C)[C@@H]1CC[C@]2(NCCN3CCS(=O)(=O)CC3)CC[C@]3(C)[C@H](CC[C@@H]4[C@@]5(C)CC=C(C6=CCC(COc7cns[n+]7CC)(C(=O)OCC)CC6)C(C)(C)[C@@H]5CC[C@]43C)[C@@H]12. The van der Waals surface area contributed by atoms with E-state index in [1.54, 1.807) is 6.20 Å². The van der Waals surface area contributed by atoms with E-state index in [2.05, 4.69) is 81.8 Å². The number of ether oxygens (including phenoxy) is 2. The quantitative estimate of drug-likeness (QED) is 0.127. The van der Waals surface area contributed by atoms with Crippen molar-refractivity contribution >= 4 is 27.5 Å². The smallest absolute Gasteiger partial charge is 0.342 e. The molecule has 1 aromatic rings. The number of hydrogen-bond acceptors (Lipinski definition) is 9. The Morgan fingerprint density at radius 1 is 0.967 bits per heavy atom. The molecule has 334 valence electrons. The van der Waals surface area contributed by atoms with Gasteiger partial charge in [0.25, 0.3) is 11.7 Å². The van der Waals surface area contributed by atoms with Gasteiger partial charge in [0.1, 0.15) is 18.6 Å². The topological polar surface area (TPSA) is 102 Å². The first-order valence-electron chi connectivity index (χ1n) is 23.8. The average Bonchev–Trinajstić information content (AvgIpc) is 3.83. The molecule has 7 aliphatic rings. The Hall–Kier alpha value is -2.08. The van der Waals surface area contributed by atoms with Crippen molar-refractivity contribution in [3.05, 3.63) is 41.6 Å². The van der Waals surface area contributed by atoms with E-state index in [-0.39, 0.29) is 33.2 Å². The van der Waals surface area contributed by atoms with Crippen LogP contribution < -0.4 is 14.0 Å². The summed E-state index contributed by atoms with van der Waals surface area (Å²) in [6.45, 7) is 28.8. The van der Waals surface area contributed by atoms with Gasteiger partial charge in [0.15, 0.2) is 9.84 Å². The summed E-state index contributed by atoms with van der Waals surface area (Å²) in [4.78, 5) is 16.0. The van der Waals surface area contributed by atoms with Gasteiger partial charge in [0.05, 0.1) is 18.1 Å². The number of esters is 1. The van der Waals surface area contributed by atoms with Crippen molar-refractivity contribution in [1.82, 2.24) is 14.6 Å². The van der Waals surface area contributed by atoms with Crippen molar-refractivity contribution < 1.29 is 26.6 Å². The third-order valence-electron chi connectivity index (χ3n) is 19.0. The van der Waals surface area contributed by atoms with Gasteiger partial charge in [-0.15, -0.1) is 3.96 Å². The van der Waals surface area contributed by atoms with Gasteiger partial charge in [0.2, 0.25) is 6.20 Å². The molecule has 60 heavy (non-hydrogen) atoms. The van der Waals surface area contributed by atoms with Crippen LogP contribution in [0.1, 0.15) is 132 Å². The number of fused-ring (bicyclic) bond motifs is 7. The molecular formula is C49H77N4O5S2+. The molecule has 4 saturated carbocycles. The maximum Gasteiger partial charge on any atom is 0.342 e. The Labute approximate surface area is 366 Å². The number of nitrogens with zero attached hydrogens (tertiary/aromatic N) is 3. The molecule has 11 heteroatoms. The van der Waals surface area contributed by atoms with E-state index in [0.717, 1.165) is 44.8 Å². The largest absolute Gasteiger partial charge is 0.465 e. The number of aromatic nitrogens is 2. The molecule has 0 spiro atoms. The van der Waals surface area contributed by atoms with Crippen LogP contribution in [0.25, 0.3) is 0 Å². The number of nitrogens with one attached hydrogen (secondary N) is 1. The average molecular weight is 866 g/mol. The van der Waals surface area contributed by atoms with E-state index in [1.165, 1.54) is 79.8 Å². The Morgan fingerprint density at radius 3 is 2.42 bits per heavy atom. The normalized spacial score (nSPS) is 40.8. The Balaban J connectivity index is 1.01. The first-order chi connectivity index (χ1) is 28.4. The molecule has 2 heterocycles. The van der Waals surface area contributed by atoms with Crippen LogP contribution in [-0.2, 0) is 25.9 Å². The predicted molar refractivity (Wildman–Crippen MR) is 240 cm³/mol. The number of aryl methyl sites for hydroxylation is 1.